The highest BCUT2D eigenvalue weighted by Crippen LogP contribution is 2.31. The van der Waals surface area contributed by atoms with Crippen LogP contribution in [0, 0.1) is 11.3 Å². The predicted molar refractivity (Wildman–Crippen MR) is 94.6 cm³/mol. The molecule has 1 fully saturated rings. The predicted octanol–water partition coefficient (Wildman–Crippen LogP) is 3.68. The van der Waals surface area contributed by atoms with Crippen molar-refractivity contribution in [2.45, 2.75) is 0 Å². The van der Waals surface area contributed by atoms with Crippen molar-refractivity contribution in [2.75, 3.05) is 36.0 Å². The summed E-state index contributed by atoms with van der Waals surface area (Å²) in [6, 6.07) is 15.6. The van der Waals surface area contributed by atoms with E-state index in [2.05, 4.69) is 21.0 Å². The van der Waals surface area contributed by atoms with Crippen molar-refractivity contribution >= 4 is 34.1 Å². The summed E-state index contributed by atoms with van der Waals surface area (Å²) in [5.74, 6) is 0.751. The molecule has 0 unspecified atom stereocenters. The van der Waals surface area contributed by atoms with Gasteiger partial charge in [0.25, 0.3) is 0 Å². The highest BCUT2D eigenvalue weighted by atomic mass is 35.5. The molecule has 120 valence electrons. The Bertz CT molecular complexity index is 922. The van der Waals surface area contributed by atoms with E-state index in [1.165, 1.54) is 0 Å². The number of piperazine rings is 1. The molecule has 1 saturated heterocycles. The summed E-state index contributed by atoms with van der Waals surface area (Å²) in [6.07, 6.45) is 0. The van der Waals surface area contributed by atoms with Gasteiger partial charge in [-0.1, -0.05) is 35.0 Å². The van der Waals surface area contributed by atoms with Crippen LogP contribution < -0.4 is 9.80 Å². The van der Waals surface area contributed by atoms with Gasteiger partial charge in [0.15, 0.2) is 11.4 Å². The Morgan fingerprint density at radius 1 is 1.00 bits per heavy atom. The number of hydrogen-bond donors (Lipinski definition) is 0. The van der Waals surface area contributed by atoms with Crippen LogP contribution in [-0.4, -0.2) is 31.3 Å². The van der Waals surface area contributed by atoms with Gasteiger partial charge in [0, 0.05) is 26.2 Å². The Kier molecular flexibility index (Phi) is 3.75. The fourth-order valence-electron chi connectivity index (χ4n) is 3.15. The third kappa shape index (κ3) is 2.45. The van der Waals surface area contributed by atoms with Crippen molar-refractivity contribution in [3.63, 3.8) is 0 Å². The van der Waals surface area contributed by atoms with Gasteiger partial charge in [-0.2, -0.15) is 5.26 Å². The number of fused-ring (bicyclic) bond motifs is 1. The molecule has 1 aliphatic heterocycles. The van der Waals surface area contributed by atoms with Crippen molar-refractivity contribution in [3.8, 4) is 6.07 Å². The van der Waals surface area contributed by atoms with Gasteiger partial charge in [0.1, 0.15) is 6.07 Å². The fraction of sp³-hybridized carbons (Fsp3) is 0.222. The van der Waals surface area contributed by atoms with E-state index in [9.17, 15) is 5.26 Å². The quantitative estimate of drug-likeness (QED) is 0.713. The van der Waals surface area contributed by atoms with Gasteiger partial charge >= 0.3 is 0 Å². The first-order chi connectivity index (χ1) is 11.8. The number of benzene rings is 2. The molecule has 5 nitrogen and oxygen atoms in total. The molecule has 0 atom stereocenters. The van der Waals surface area contributed by atoms with Crippen molar-refractivity contribution in [1.29, 1.82) is 5.26 Å². The highest BCUT2D eigenvalue weighted by molar-refractivity contribution is 6.33. The Hall–Kier alpha value is -2.71. The van der Waals surface area contributed by atoms with Crippen LogP contribution >= 0.6 is 11.6 Å². The number of rotatable bonds is 2. The Labute approximate surface area is 144 Å². The van der Waals surface area contributed by atoms with E-state index in [4.69, 9.17) is 16.1 Å². The first kappa shape index (κ1) is 14.9. The fourth-order valence-corrected chi connectivity index (χ4v) is 3.41. The number of halogens is 1. The minimum absolute atomic E-state index is 0.595. The summed E-state index contributed by atoms with van der Waals surface area (Å²) in [5.41, 5.74) is 2.30. The Morgan fingerprint density at radius 2 is 1.75 bits per heavy atom. The number of nitrogens with zero attached hydrogens (tertiary/aromatic N) is 4. The Balaban J connectivity index is 1.59. The lowest BCUT2D eigenvalue weighted by molar-refractivity contribution is 0.453. The molecule has 1 aromatic heterocycles. The molecule has 1 aliphatic rings. The molecule has 3 aromatic rings. The molecule has 2 heterocycles. The van der Waals surface area contributed by atoms with Gasteiger partial charge in [-0.25, -0.2) is 0 Å². The van der Waals surface area contributed by atoms with Crippen LogP contribution in [0.3, 0.4) is 0 Å². The molecule has 4 rings (SSSR count). The van der Waals surface area contributed by atoms with Crippen molar-refractivity contribution < 1.29 is 4.52 Å². The van der Waals surface area contributed by atoms with Crippen LogP contribution in [0.1, 0.15) is 5.56 Å². The second-order valence-electron chi connectivity index (χ2n) is 5.72. The summed E-state index contributed by atoms with van der Waals surface area (Å²) in [6.45, 7) is 3.28. The normalized spacial score (nSPS) is 14.8. The first-order valence-corrected chi connectivity index (χ1v) is 8.18. The average Bonchev–Trinajstić information content (AvgIpc) is 3.06. The lowest BCUT2D eigenvalue weighted by Crippen LogP contribution is -2.46. The molecule has 6 heteroatoms. The number of aromatic nitrogens is 1. The van der Waals surface area contributed by atoms with Gasteiger partial charge < -0.3 is 14.3 Å². The monoisotopic (exact) mass is 338 g/mol. The van der Waals surface area contributed by atoms with Gasteiger partial charge in [-0.3, -0.25) is 0 Å². The molecule has 0 aliphatic carbocycles. The third-order valence-corrected chi connectivity index (χ3v) is 4.69. The summed E-state index contributed by atoms with van der Waals surface area (Å²) >= 11 is 6.29. The van der Waals surface area contributed by atoms with Crippen LogP contribution in [0.15, 0.2) is 47.0 Å². The topological polar surface area (TPSA) is 56.3 Å². The number of nitriles is 1. The average molecular weight is 339 g/mol. The van der Waals surface area contributed by atoms with Crippen molar-refractivity contribution in [3.05, 3.63) is 53.1 Å². The molecule has 0 radical (unpaired) electrons. The SMILES string of the molecule is N#Cc1cccc2onc(N3CCN(c4ccccc4Cl)CC3)c12. The smallest absolute Gasteiger partial charge is 0.181 e. The molecule has 2 aromatic carbocycles. The minimum Gasteiger partial charge on any atom is -0.367 e. The zero-order chi connectivity index (χ0) is 16.5. The largest absolute Gasteiger partial charge is 0.367 e. The molecule has 0 bridgehead atoms. The van der Waals surface area contributed by atoms with E-state index in [-0.39, 0.29) is 0 Å². The zero-order valence-corrected chi connectivity index (χ0v) is 13.7. The Morgan fingerprint density at radius 3 is 2.50 bits per heavy atom. The molecular weight excluding hydrogens is 324 g/mol. The molecule has 0 saturated carbocycles. The van der Waals surface area contributed by atoms with Gasteiger partial charge in [-0.15, -0.1) is 0 Å². The first-order valence-electron chi connectivity index (χ1n) is 7.81. The van der Waals surface area contributed by atoms with Crippen LogP contribution in [0.25, 0.3) is 11.0 Å². The molecule has 0 N–H and O–H groups in total. The van der Waals surface area contributed by atoms with Crippen molar-refractivity contribution in [1.82, 2.24) is 5.16 Å². The number of para-hydroxylation sites is 1. The lowest BCUT2D eigenvalue weighted by Gasteiger charge is -2.36. The summed E-state index contributed by atoms with van der Waals surface area (Å²) in [4.78, 5) is 4.44. The highest BCUT2D eigenvalue weighted by Gasteiger charge is 2.24. The third-order valence-electron chi connectivity index (χ3n) is 4.37. The van der Waals surface area contributed by atoms with Crippen LogP contribution in [0.5, 0.6) is 0 Å². The van der Waals surface area contributed by atoms with Gasteiger partial charge in [0.05, 0.1) is 21.7 Å². The molecule has 0 amide bonds. The van der Waals surface area contributed by atoms with E-state index in [1.807, 2.05) is 36.4 Å². The maximum absolute atomic E-state index is 9.34. The molecule has 0 spiro atoms. The minimum atomic E-state index is 0.595. The van der Waals surface area contributed by atoms with E-state index < -0.39 is 0 Å². The van der Waals surface area contributed by atoms with Crippen LogP contribution in [0.2, 0.25) is 5.02 Å². The molecule has 24 heavy (non-hydrogen) atoms. The van der Waals surface area contributed by atoms with E-state index in [0.717, 1.165) is 48.1 Å². The van der Waals surface area contributed by atoms with Crippen molar-refractivity contribution in [2.24, 2.45) is 0 Å². The maximum Gasteiger partial charge on any atom is 0.181 e. The lowest BCUT2D eigenvalue weighted by atomic mass is 10.1. The summed E-state index contributed by atoms with van der Waals surface area (Å²) in [7, 11) is 0. The number of anilines is 2. The zero-order valence-electron chi connectivity index (χ0n) is 12.9. The van der Waals surface area contributed by atoms with Gasteiger partial charge in [-0.05, 0) is 24.3 Å². The number of hydrogen-bond acceptors (Lipinski definition) is 5. The van der Waals surface area contributed by atoms with Crippen LogP contribution in [0.4, 0.5) is 11.5 Å². The van der Waals surface area contributed by atoms with Gasteiger partial charge in [0.2, 0.25) is 0 Å². The van der Waals surface area contributed by atoms with E-state index in [0.29, 0.717) is 11.1 Å². The van der Waals surface area contributed by atoms with E-state index >= 15 is 0 Å². The second kappa shape index (κ2) is 6.06. The van der Waals surface area contributed by atoms with E-state index in [1.54, 1.807) is 6.07 Å². The van der Waals surface area contributed by atoms with Crippen LogP contribution in [-0.2, 0) is 0 Å². The molecular formula is C18H15ClN4O. The maximum atomic E-state index is 9.34. The second-order valence-corrected chi connectivity index (χ2v) is 6.13. The summed E-state index contributed by atoms with van der Waals surface area (Å²) < 4.78 is 5.40. The summed E-state index contributed by atoms with van der Waals surface area (Å²) in [5, 5.41) is 15.1. The standard InChI is InChI=1S/C18H15ClN4O/c19-14-5-1-2-6-15(14)22-8-10-23(11-9-22)18-17-13(12-20)4-3-7-16(17)24-21-18/h1-7H,8-11H2.